The number of amides is 1. The number of aliphatic hydroxyl groups excluding tert-OH is 2. The number of hydrogen-bond acceptors (Lipinski definition) is 6. The van der Waals surface area contributed by atoms with Gasteiger partial charge in [0.15, 0.2) is 0 Å². The van der Waals surface area contributed by atoms with E-state index >= 15 is 0 Å². The van der Waals surface area contributed by atoms with E-state index in [2.05, 4.69) is 10.1 Å². The second-order valence-corrected chi connectivity index (χ2v) is 4.16. The molecule has 1 amide bonds. The number of aliphatic hydroxyl groups is 2. The lowest BCUT2D eigenvalue weighted by atomic mass is 10.4. The number of carbonyl (C=O) groups is 2. The molecule has 0 heterocycles. The molecule has 0 bridgehead atoms. The lowest BCUT2D eigenvalue weighted by Crippen LogP contribution is -2.30. The summed E-state index contributed by atoms with van der Waals surface area (Å²) in [7, 11) is 1.25. The first-order valence-electron chi connectivity index (χ1n) is 4.80. The summed E-state index contributed by atoms with van der Waals surface area (Å²) in [6, 6.07) is 0. The van der Waals surface area contributed by atoms with Crippen molar-refractivity contribution in [2.24, 2.45) is 0 Å². The first-order chi connectivity index (χ1) is 7.60. The van der Waals surface area contributed by atoms with Gasteiger partial charge in [-0.25, -0.2) is 0 Å². The number of methoxy groups -OCH3 is 1. The quantitative estimate of drug-likeness (QED) is 0.368. The lowest BCUT2D eigenvalue weighted by molar-refractivity contribution is -0.141. The summed E-state index contributed by atoms with van der Waals surface area (Å²) in [5, 5.41) is 19.9. The van der Waals surface area contributed by atoms with Gasteiger partial charge in [0, 0.05) is 17.9 Å². The summed E-state index contributed by atoms with van der Waals surface area (Å²) < 4.78 is 4.35. The van der Waals surface area contributed by atoms with Gasteiger partial charge in [0.25, 0.3) is 0 Å². The molecule has 0 saturated carbocycles. The van der Waals surface area contributed by atoms with Crippen LogP contribution in [0.5, 0.6) is 0 Å². The summed E-state index contributed by atoms with van der Waals surface area (Å²) in [4.78, 5) is 21.8. The van der Waals surface area contributed by atoms with Gasteiger partial charge in [-0.2, -0.15) is 11.8 Å². The molecule has 94 valence electrons. The van der Waals surface area contributed by atoms with Crippen LogP contribution in [0.3, 0.4) is 0 Å². The molecule has 3 N–H and O–H groups in total. The number of rotatable bonds is 8. The highest BCUT2D eigenvalue weighted by Crippen LogP contribution is 2.04. The smallest absolute Gasteiger partial charge is 0.325 e. The summed E-state index contributed by atoms with van der Waals surface area (Å²) in [5.41, 5.74) is 0. The van der Waals surface area contributed by atoms with Crippen LogP contribution in [-0.4, -0.2) is 60.0 Å². The van der Waals surface area contributed by atoms with E-state index in [4.69, 9.17) is 10.2 Å². The Kier molecular flexibility index (Phi) is 8.97. The van der Waals surface area contributed by atoms with Gasteiger partial charge in [-0.15, -0.1) is 0 Å². The Balaban J connectivity index is 3.40. The molecule has 0 radical (unpaired) electrons. The maximum atomic E-state index is 11.1. The maximum Gasteiger partial charge on any atom is 0.325 e. The third-order valence-electron chi connectivity index (χ3n) is 1.65. The van der Waals surface area contributed by atoms with Crippen molar-refractivity contribution in [2.45, 2.75) is 12.5 Å². The fourth-order valence-electron chi connectivity index (χ4n) is 0.768. The first-order valence-corrected chi connectivity index (χ1v) is 5.95. The van der Waals surface area contributed by atoms with E-state index in [-0.39, 0.29) is 25.5 Å². The number of esters is 1. The SMILES string of the molecule is COC(=O)CNC(=O)CCSCC(O)CO. The molecule has 0 saturated heterocycles. The number of thioether (sulfide) groups is 1. The van der Waals surface area contributed by atoms with E-state index in [1.165, 1.54) is 18.9 Å². The van der Waals surface area contributed by atoms with Crippen molar-refractivity contribution in [1.29, 1.82) is 0 Å². The molecule has 16 heavy (non-hydrogen) atoms. The van der Waals surface area contributed by atoms with Gasteiger partial charge in [0.05, 0.1) is 19.8 Å². The summed E-state index contributed by atoms with van der Waals surface area (Å²) in [6.45, 7) is -0.402. The number of ether oxygens (including phenoxy) is 1. The van der Waals surface area contributed by atoms with Crippen molar-refractivity contribution in [3.05, 3.63) is 0 Å². The maximum absolute atomic E-state index is 11.1. The van der Waals surface area contributed by atoms with Crippen LogP contribution in [0.15, 0.2) is 0 Å². The van der Waals surface area contributed by atoms with Gasteiger partial charge in [0.2, 0.25) is 5.91 Å². The van der Waals surface area contributed by atoms with Gasteiger partial charge >= 0.3 is 5.97 Å². The molecule has 0 aromatic rings. The van der Waals surface area contributed by atoms with Crippen molar-refractivity contribution >= 4 is 23.6 Å². The summed E-state index contributed by atoms with van der Waals surface area (Å²) in [6.07, 6.45) is -0.483. The predicted octanol–water partition coefficient (Wildman–Crippen LogP) is -1.25. The van der Waals surface area contributed by atoms with Gasteiger partial charge in [0.1, 0.15) is 6.54 Å². The fourth-order valence-corrected chi connectivity index (χ4v) is 1.64. The number of carbonyl (C=O) groups excluding carboxylic acids is 2. The third-order valence-corrected chi connectivity index (χ3v) is 2.77. The molecule has 7 heteroatoms. The van der Waals surface area contributed by atoms with Crippen LogP contribution in [0.25, 0.3) is 0 Å². The van der Waals surface area contributed by atoms with Crippen molar-refractivity contribution < 1.29 is 24.5 Å². The van der Waals surface area contributed by atoms with Gasteiger partial charge in [-0.3, -0.25) is 9.59 Å². The monoisotopic (exact) mass is 251 g/mol. The first kappa shape index (κ1) is 15.2. The zero-order valence-electron chi connectivity index (χ0n) is 9.14. The Morgan fingerprint density at radius 1 is 1.50 bits per heavy atom. The molecule has 1 unspecified atom stereocenters. The Morgan fingerprint density at radius 3 is 2.75 bits per heavy atom. The highest BCUT2D eigenvalue weighted by Gasteiger charge is 2.06. The molecule has 0 aliphatic carbocycles. The van der Waals surface area contributed by atoms with Crippen LogP contribution < -0.4 is 5.32 Å². The second kappa shape index (κ2) is 9.44. The predicted molar refractivity (Wildman–Crippen MR) is 60.1 cm³/mol. The highest BCUT2D eigenvalue weighted by atomic mass is 32.2. The Labute approximate surface area is 98.4 Å². The van der Waals surface area contributed by atoms with Crippen LogP contribution in [-0.2, 0) is 14.3 Å². The van der Waals surface area contributed by atoms with Crippen molar-refractivity contribution in [2.75, 3.05) is 31.8 Å². The summed E-state index contributed by atoms with van der Waals surface area (Å²) in [5.74, 6) is 0.193. The topological polar surface area (TPSA) is 95.9 Å². The van der Waals surface area contributed by atoms with E-state index in [0.717, 1.165) is 0 Å². The van der Waals surface area contributed by atoms with Gasteiger partial charge in [-0.1, -0.05) is 0 Å². The standard InChI is InChI=1S/C9H17NO5S/c1-15-9(14)4-10-8(13)2-3-16-6-7(12)5-11/h7,11-12H,2-6H2,1H3,(H,10,13). The molecule has 0 spiro atoms. The Hall–Kier alpha value is -0.790. The molecule has 0 aromatic carbocycles. The van der Waals surface area contributed by atoms with E-state index < -0.39 is 12.1 Å². The molecule has 0 fully saturated rings. The molecule has 6 nitrogen and oxygen atoms in total. The highest BCUT2D eigenvalue weighted by molar-refractivity contribution is 7.99. The average Bonchev–Trinajstić information content (AvgIpc) is 2.31. The Morgan fingerprint density at radius 2 is 2.19 bits per heavy atom. The molecular weight excluding hydrogens is 234 g/mol. The lowest BCUT2D eigenvalue weighted by Gasteiger charge is -2.06. The van der Waals surface area contributed by atoms with E-state index in [1.807, 2.05) is 0 Å². The summed E-state index contributed by atoms with van der Waals surface area (Å²) >= 11 is 1.37. The van der Waals surface area contributed by atoms with Crippen LogP contribution in [0.1, 0.15) is 6.42 Å². The second-order valence-electron chi connectivity index (χ2n) is 3.01. The zero-order valence-corrected chi connectivity index (χ0v) is 9.96. The molecule has 0 aliphatic heterocycles. The minimum atomic E-state index is -0.747. The molecular formula is C9H17NO5S. The van der Waals surface area contributed by atoms with Crippen LogP contribution in [0.4, 0.5) is 0 Å². The minimum Gasteiger partial charge on any atom is -0.468 e. The molecule has 0 rings (SSSR count). The number of nitrogens with one attached hydrogen (secondary N) is 1. The van der Waals surface area contributed by atoms with Crippen LogP contribution in [0, 0.1) is 0 Å². The normalized spacial score (nSPS) is 11.9. The number of hydrogen-bond donors (Lipinski definition) is 3. The molecule has 1 atom stereocenters. The molecule has 0 aliphatic rings. The largest absolute Gasteiger partial charge is 0.468 e. The van der Waals surface area contributed by atoms with E-state index in [1.54, 1.807) is 0 Å². The molecule has 0 aromatic heterocycles. The van der Waals surface area contributed by atoms with Crippen molar-refractivity contribution in [3.63, 3.8) is 0 Å². The van der Waals surface area contributed by atoms with Gasteiger partial charge < -0.3 is 20.3 Å². The van der Waals surface area contributed by atoms with E-state index in [9.17, 15) is 9.59 Å². The van der Waals surface area contributed by atoms with Crippen LogP contribution >= 0.6 is 11.8 Å². The minimum absolute atomic E-state index is 0.126. The average molecular weight is 251 g/mol. The van der Waals surface area contributed by atoms with Crippen molar-refractivity contribution in [1.82, 2.24) is 5.32 Å². The van der Waals surface area contributed by atoms with E-state index in [0.29, 0.717) is 11.5 Å². The van der Waals surface area contributed by atoms with Crippen molar-refractivity contribution in [3.8, 4) is 0 Å². The zero-order chi connectivity index (χ0) is 12.4. The van der Waals surface area contributed by atoms with Crippen LogP contribution in [0.2, 0.25) is 0 Å². The fraction of sp³-hybridized carbons (Fsp3) is 0.778. The van der Waals surface area contributed by atoms with Gasteiger partial charge in [-0.05, 0) is 0 Å². The Bertz CT molecular complexity index is 224. The third kappa shape index (κ3) is 8.51.